The van der Waals surface area contributed by atoms with Crippen molar-refractivity contribution in [3.8, 4) is 0 Å². The fourth-order valence-electron chi connectivity index (χ4n) is 1.58. The maximum absolute atomic E-state index is 11.7. The average Bonchev–Trinajstić information content (AvgIpc) is 2.40. The third kappa shape index (κ3) is 14.4. The zero-order valence-electron chi connectivity index (χ0n) is 15.7. The van der Waals surface area contributed by atoms with Crippen molar-refractivity contribution in [2.24, 2.45) is 10.8 Å². The van der Waals surface area contributed by atoms with Crippen molar-refractivity contribution < 1.29 is 23.8 Å². The van der Waals surface area contributed by atoms with Crippen LogP contribution >= 0.6 is 0 Å². The van der Waals surface area contributed by atoms with Crippen molar-refractivity contribution in [1.29, 1.82) is 0 Å². The molecule has 0 aliphatic carbocycles. The van der Waals surface area contributed by atoms with Crippen molar-refractivity contribution >= 4 is 11.8 Å². The molecule has 0 bridgehead atoms. The second-order valence-corrected chi connectivity index (χ2v) is 7.93. The molecule has 0 saturated heterocycles. The SMILES string of the molecule is CC(C)(C)CCOCCOCCOC(=O)CCC(=O)C(C)(C)C. The van der Waals surface area contributed by atoms with Crippen LogP contribution in [0.5, 0.6) is 0 Å². The van der Waals surface area contributed by atoms with E-state index in [-0.39, 0.29) is 36.6 Å². The van der Waals surface area contributed by atoms with Gasteiger partial charge >= 0.3 is 5.97 Å². The van der Waals surface area contributed by atoms with Crippen molar-refractivity contribution in [1.82, 2.24) is 0 Å². The van der Waals surface area contributed by atoms with Gasteiger partial charge in [0.05, 0.1) is 26.2 Å². The molecule has 0 aromatic heterocycles. The normalized spacial score (nSPS) is 12.3. The number of hydrogen-bond donors (Lipinski definition) is 0. The molecule has 0 rings (SSSR count). The van der Waals surface area contributed by atoms with E-state index in [1.54, 1.807) is 0 Å². The highest BCUT2D eigenvalue weighted by molar-refractivity contribution is 5.86. The van der Waals surface area contributed by atoms with Crippen LogP contribution in [0.2, 0.25) is 0 Å². The predicted molar refractivity (Wildman–Crippen MR) is 90.4 cm³/mol. The molecule has 0 saturated carbocycles. The average molecular weight is 330 g/mol. The van der Waals surface area contributed by atoms with E-state index in [1.807, 2.05) is 20.8 Å². The van der Waals surface area contributed by atoms with Crippen molar-refractivity contribution in [2.75, 3.05) is 33.0 Å². The Labute approximate surface area is 141 Å². The predicted octanol–water partition coefficient (Wildman–Crippen LogP) is 3.39. The number of rotatable bonds is 11. The molecule has 0 heterocycles. The molecule has 0 aromatic carbocycles. The van der Waals surface area contributed by atoms with Gasteiger partial charge in [0.1, 0.15) is 12.4 Å². The molecule has 0 aromatic rings. The molecular weight excluding hydrogens is 296 g/mol. The summed E-state index contributed by atoms with van der Waals surface area (Å²) in [5, 5.41) is 0. The van der Waals surface area contributed by atoms with Crippen LogP contribution in [0.4, 0.5) is 0 Å². The van der Waals surface area contributed by atoms with Gasteiger partial charge in [0.25, 0.3) is 0 Å². The highest BCUT2D eigenvalue weighted by atomic mass is 16.6. The molecule has 136 valence electrons. The summed E-state index contributed by atoms with van der Waals surface area (Å²) < 4.78 is 15.8. The van der Waals surface area contributed by atoms with E-state index < -0.39 is 5.41 Å². The lowest BCUT2D eigenvalue weighted by molar-refractivity contribution is -0.147. The van der Waals surface area contributed by atoms with Gasteiger partial charge in [-0.15, -0.1) is 0 Å². The van der Waals surface area contributed by atoms with Crippen LogP contribution < -0.4 is 0 Å². The minimum Gasteiger partial charge on any atom is -0.463 e. The molecular formula is C18H34O5. The Kier molecular flexibility index (Phi) is 10.3. The summed E-state index contributed by atoms with van der Waals surface area (Å²) in [5.74, 6) is -0.286. The lowest BCUT2D eigenvalue weighted by Gasteiger charge is -2.17. The molecule has 0 fully saturated rings. The van der Waals surface area contributed by atoms with Gasteiger partial charge in [0.2, 0.25) is 0 Å². The van der Waals surface area contributed by atoms with E-state index in [2.05, 4.69) is 20.8 Å². The van der Waals surface area contributed by atoms with Crippen LogP contribution in [0.15, 0.2) is 0 Å². The number of esters is 1. The Balaban J connectivity index is 3.45. The van der Waals surface area contributed by atoms with Crippen LogP contribution in [0.25, 0.3) is 0 Å². The topological polar surface area (TPSA) is 61.8 Å². The second-order valence-electron chi connectivity index (χ2n) is 7.93. The van der Waals surface area contributed by atoms with Crippen LogP contribution in [0, 0.1) is 10.8 Å². The molecule has 0 aliphatic rings. The molecule has 5 nitrogen and oxygen atoms in total. The van der Waals surface area contributed by atoms with Crippen LogP contribution in [0.3, 0.4) is 0 Å². The third-order valence-electron chi connectivity index (χ3n) is 3.25. The smallest absolute Gasteiger partial charge is 0.306 e. The van der Waals surface area contributed by atoms with E-state index in [4.69, 9.17) is 14.2 Å². The first-order chi connectivity index (χ1) is 10.5. The largest absolute Gasteiger partial charge is 0.463 e. The highest BCUT2D eigenvalue weighted by Gasteiger charge is 2.21. The van der Waals surface area contributed by atoms with E-state index in [9.17, 15) is 9.59 Å². The van der Waals surface area contributed by atoms with Crippen LogP contribution in [0.1, 0.15) is 60.8 Å². The van der Waals surface area contributed by atoms with Gasteiger partial charge in [0, 0.05) is 18.4 Å². The van der Waals surface area contributed by atoms with Crippen molar-refractivity contribution in [3.05, 3.63) is 0 Å². The van der Waals surface area contributed by atoms with Crippen molar-refractivity contribution in [2.45, 2.75) is 60.8 Å². The minimum atomic E-state index is -0.406. The third-order valence-corrected chi connectivity index (χ3v) is 3.25. The number of ketones is 1. The summed E-state index contributed by atoms with van der Waals surface area (Å²) in [4.78, 5) is 23.2. The molecule has 5 heteroatoms. The summed E-state index contributed by atoms with van der Waals surface area (Å²) >= 11 is 0. The zero-order valence-corrected chi connectivity index (χ0v) is 15.7. The molecule has 0 amide bonds. The van der Waals surface area contributed by atoms with Gasteiger partial charge in [-0.2, -0.15) is 0 Å². The Morgan fingerprint density at radius 3 is 1.78 bits per heavy atom. The van der Waals surface area contributed by atoms with E-state index in [0.29, 0.717) is 19.8 Å². The summed E-state index contributed by atoms with van der Waals surface area (Å²) in [6, 6.07) is 0. The van der Waals surface area contributed by atoms with Gasteiger partial charge in [-0.05, 0) is 11.8 Å². The number of carbonyl (C=O) groups excluding carboxylic acids is 2. The Hall–Kier alpha value is -0.940. The molecule has 23 heavy (non-hydrogen) atoms. The first kappa shape index (κ1) is 22.1. The molecule has 0 spiro atoms. The van der Waals surface area contributed by atoms with Crippen LogP contribution in [-0.4, -0.2) is 44.8 Å². The van der Waals surface area contributed by atoms with Gasteiger partial charge in [-0.3, -0.25) is 9.59 Å². The minimum absolute atomic E-state index is 0.0677. The zero-order chi connectivity index (χ0) is 17.9. The lowest BCUT2D eigenvalue weighted by atomic mass is 9.88. The molecule has 0 radical (unpaired) electrons. The Morgan fingerprint density at radius 2 is 1.26 bits per heavy atom. The number of carbonyl (C=O) groups is 2. The molecule has 0 unspecified atom stereocenters. The van der Waals surface area contributed by atoms with E-state index in [0.717, 1.165) is 13.0 Å². The lowest BCUT2D eigenvalue weighted by Crippen LogP contribution is -2.21. The standard InChI is InChI=1S/C18H34O5/c1-17(2,3)9-10-21-11-12-22-13-14-23-16(20)8-7-15(19)18(4,5)6/h7-14H2,1-6H3. The monoisotopic (exact) mass is 330 g/mol. The summed E-state index contributed by atoms with van der Waals surface area (Å²) in [7, 11) is 0. The Morgan fingerprint density at radius 1 is 0.739 bits per heavy atom. The maximum atomic E-state index is 11.7. The number of hydrogen-bond acceptors (Lipinski definition) is 5. The van der Waals surface area contributed by atoms with E-state index in [1.165, 1.54) is 0 Å². The summed E-state index contributed by atoms with van der Waals surface area (Å²) in [5.41, 5.74) is -0.125. The van der Waals surface area contributed by atoms with Crippen LogP contribution in [-0.2, 0) is 23.8 Å². The van der Waals surface area contributed by atoms with Gasteiger partial charge in [-0.25, -0.2) is 0 Å². The fraction of sp³-hybridized carbons (Fsp3) is 0.889. The molecule has 0 aliphatic heterocycles. The maximum Gasteiger partial charge on any atom is 0.306 e. The highest BCUT2D eigenvalue weighted by Crippen LogP contribution is 2.18. The van der Waals surface area contributed by atoms with Gasteiger partial charge < -0.3 is 14.2 Å². The Bertz CT molecular complexity index is 349. The fourth-order valence-corrected chi connectivity index (χ4v) is 1.58. The first-order valence-corrected chi connectivity index (χ1v) is 8.37. The summed E-state index contributed by atoms with van der Waals surface area (Å²) in [6.45, 7) is 14.4. The quantitative estimate of drug-likeness (QED) is 0.429. The first-order valence-electron chi connectivity index (χ1n) is 8.37. The summed E-state index contributed by atoms with van der Waals surface area (Å²) in [6.07, 6.45) is 1.37. The van der Waals surface area contributed by atoms with Crippen molar-refractivity contribution in [3.63, 3.8) is 0 Å². The van der Waals surface area contributed by atoms with E-state index >= 15 is 0 Å². The van der Waals surface area contributed by atoms with Gasteiger partial charge in [-0.1, -0.05) is 41.5 Å². The van der Waals surface area contributed by atoms with Gasteiger partial charge in [0.15, 0.2) is 0 Å². The molecule has 0 atom stereocenters. The number of Topliss-reactive ketones (excluding diaryl/α,β-unsaturated/α-hetero) is 1. The molecule has 0 N–H and O–H groups in total. The number of ether oxygens (including phenoxy) is 3. The second kappa shape index (κ2) is 10.8.